The molecular formula is C23H26FIO3S. The van der Waals surface area contributed by atoms with E-state index in [1.807, 2.05) is 18.2 Å². The summed E-state index contributed by atoms with van der Waals surface area (Å²) in [6.07, 6.45) is 3.51. The Morgan fingerprint density at radius 3 is 2.59 bits per heavy atom. The van der Waals surface area contributed by atoms with E-state index in [1.165, 1.54) is 0 Å². The third kappa shape index (κ3) is 4.33. The van der Waals surface area contributed by atoms with Gasteiger partial charge in [0.25, 0.3) is 0 Å². The molecule has 1 aliphatic carbocycles. The number of sulfone groups is 1. The zero-order valence-corrected chi connectivity index (χ0v) is 19.8. The van der Waals surface area contributed by atoms with E-state index >= 15 is 0 Å². The zero-order chi connectivity index (χ0) is 20.8. The van der Waals surface area contributed by atoms with Crippen LogP contribution in [-0.2, 0) is 16.3 Å². The predicted octanol–water partition coefficient (Wildman–Crippen LogP) is 5.74. The highest BCUT2D eigenvalue weighted by atomic mass is 127. The Morgan fingerprint density at radius 2 is 1.90 bits per heavy atom. The number of aryl methyl sites for hydroxylation is 2. The van der Waals surface area contributed by atoms with Gasteiger partial charge in [0.05, 0.1) is 18.1 Å². The highest BCUT2D eigenvalue weighted by molar-refractivity contribution is 14.1. The Kier molecular flexibility index (Phi) is 5.95. The molecule has 1 fully saturated rings. The topological polar surface area (TPSA) is 43.4 Å². The highest BCUT2D eigenvalue weighted by Gasteiger charge is 2.28. The van der Waals surface area contributed by atoms with Crippen LogP contribution in [-0.4, -0.2) is 26.5 Å². The summed E-state index contributed by atoms with van der Waals surface area (Å²) in [5.74, 6) is 1.27. The van der Waals surface area contributed by atoms with Gasteiger partial charge < -0.3 is 4.74 Å². The molecule has 4 rings (SSSR count). The lowest BCUT2D eigenvalue weighted by Gasteiger charge is -2.23. The average Bonchev–Trinajstić information content (AvgIpc) is 3.03. The lowest BCUT2D eigenvalue weighted by Crippen LogP contribution is -2.29. The van der Waals surface area contributed by atoms with Crippen LogP contribution in [0.2, 0.25) is 0 Å². The Bertz CT molecular complexity index is 1030. The first-order valence-corrected chi connectivity index (χ1v) is 13.2. The van der Waals surface area contributed by atoms with Crippen molar-refractivity contribution in [1.82, 2.24) is 0 Å². The Labute approximate surface area is 186 Å². The molecule has 1 saturated heterocycles. The maximum absolute atomic E-state index is 14.4. The number of hydrogen-bond acceptors (Lipinski definition) is 3. The van der Waals surface area contributed by atoms with Gasteiger partial charge in [-0.05, 0) is 85.5 Å². The summed E-state index contributed by atoms with van der Waals surface area (Å²) in [5.41, 5.74) is 6.47. The summed E-state index contributed by atoms with van der Waals surface area (Å²) in [4.78, 5) is 0. The maximum atomic E-state index is 14.4. The largest absolute Gasteiger partial charge is 0.493 e. The number of rotatable bonds is 4. The van der Waals surface area contributed by atoms with Crippen molar-refractivity contribution in [2.45, 2.75) is 43.5 Å². The van der Waals surface area contributed by atoms with Gasteiger partial charge in [-0.25, -0.2) is 12.8 Å². The minimum Gasteiger partial charge on any atom is -0.493 e. The van der Waals surface area contributed by atoms with E-state index in [-0.39, 0.29) is 21.4 Å². The predicted molar refractivity (Wildman–Crippen MR) is 123 cm³/mol. The van der Waals surface area contributed by atoms with Crippen molar-refractivity contribution in [3.05, 3.63) is 52.3 Å². The van der Waals surface area contributed by atoms with E-state index in [0.29, 0.717) is 12.4 Å². The first-order valence-electron chi connectivity index (χ1n) is 10.2. The van der Waals surface area contributed by atoms with Crippen molar-refractivity contribution in [2.24, 2.45) is 5.92 Å². The van der Waals surface area contributed by atoms with Crippen LogP contribution in [0.3, 0.4) is 0 Å². The molecule has 2 aliphatic rings. The monoisotopic (exact) mass is 528 g/mol. The molecule has 0 amide bonds. The average molecular weight is 528 g/mol. The molecule has 2 aromatic rings. The molecule has 0 spiro atoms. The molecule has 0 bridgehead atoms. The van der Waals surface area contributed by atoms with E-state index in [2.05, 4.69) is 36.4 Å². The number of halogens is 2. The Hall–Kier alpha value is -1.15. The van der Waals surface area contributed by atoms with Gasteiger partial charge in [0.15, 0.2) is 9.84 Å². The number of benzene rings is 2. The molecule has 1 aliphatic heterocycles. The van der Waals surface area contributed by atoms with Crippen molar-refractivity contribution < 1.29 is 17.5 Å². The maximum Gasteiger partial charge on any atom is 0.150 e. The van der Waals surface area contributed by atoms with Gasteiger partial charge in [-0.15, -0.1) is 0 Å². The summed E-state index contributed by atoms with van der Waals surface area (Å²) in [5, 5.41) is 0. The van der Waals surface area contributed by atoms with Crippen molar-refractivity contribution in [2.75, 3.05) is 18.1 Å². The van der Waals surface area contributed by atoms with Gasteiger partial charge in [-0.3, -0.25) is 0 Å². The second kappa shape index (κ2) is 8.17. The summed E-state index contributed by atoms with van der Waals surface area (Å²) in [7, 11) is -2.92. The molecule has 6 heteroatoms. The zero-order valence-electron chi connectivity index (χ0n) is 16.8. The van der Waals surface area contributed by atoms with Crippen LogP contribution >= 0.6 is 22.6 Å². The van der Waals surface area contributed by atoms with Crippen molar-refractivity contribution in [3.8, 4) is 16.9 Å². The normalized spacial score (nSPS) is 23.0. The van der Waals surface area contributed by atoms with Crippen LogP contribution in [0.5, 0.6) is 5.75 Å². The van der Waals surface area contributed by atoms with Crippen LogP contribution in [0.4, 0.5) is 4.39 Å². The summed E-state index contributed by atoms with van der Waals surface area (Å²) < 4.78 is 44.3. The first kappa shape index (κ1) is 21.1. The van der Waals surface area contributed by atoms with E-state index in [9.17, 15) is 12.8 Å². The second-order valence-electron chi connectivity index (χ2n) is 8.36. The van der Waals surface area contributed by atoms with Crippen LogP contribution in [0.1, 0.15) is 45.4 Å². The highest BCUT2D eigenvalue weighted by Crippen LogP contribution is 2.45. The molecule has 2 aromatic carbocycles. The van der Waals surface area contributed by atoms with Crippen molar-refractivity contribution in [1.29, 1.82) is 0 Å². The third-order valence-electron chi connectivity index (χ3n) is 6.08. The van der Waals surface area contributed by atoms with Gasteiger partial charge in [-0.2, -0.15) is 0 Å². The lowest BCUT2D eigenvalue weighted by molar-refractivity contribution is 0.249. The number of ether oxygens (including phenoxy) is 1. The lowest BCUT2D eigenvalue weighted by atomic mass is 9.90. The molecule has 156 valence electrons. The minimum atomic E-state index is -2.92. The van der Waals surface area contributed by atoms with Crippen LogP contribution < -0.4 is 4.74 Å². The van der Waals surface area contributed by atoms with E-state index in [4.69, 9.17) is 4.74 Å². The molecule has 1 unspecified atom stereocenters. The Balaban J connectivity index is 1.59. The molecule has 0 aromatic heterocycles. The summed E-state index contributed by atoms with van der Waals surface area (Å²) in [6, 6.07) is 7.54. The second-order valence-corrected chi connectivity index (χ2v) is 12.1. The summed E-state index contributed by atoms with van der Waals surface area (Å²) in [6.45, 7) is 4.55. The number of fused-ring (bicyclic) bond motifs is 1. The van der Waals surface area contributed by atoms with Gasteiger partial charge in [0.2, 0.25) is 0 Å². The van der Waals surface area contributed by atoms with Crippen LogP contribution in [0, 0.1) is 25.6 Å². The minimum absolute atomic E-state index is 0.0648. The SMILES string of the molecule is Cc1cc(OCC2CCCS(=O)(=O)C2)cc(C)c1-c1ccc(F)c2c1CC[C@H]2I. The molecule has 0 N–H and O–H groups in total. The van der Waals surface area contributed by atoms with Crippen LogP contribution in [0.15, 0.2) is 24.3 Å². The molecule has 29 heavy (non-hydrogen) atoms. The third-order valence-corrected chi connectivity index (χ3v) is 9.22. The number of alkyl halides is 1. The molecule has 3 nitrogen and oxygen atoms in total. The standard InChI is InChI=1S/C23H26FIO3S/c1-14-10-17(28-12-16-4-3-9-29(26,27)13-16)11-15(2)22(14)18-5-7-20(24)23-19(18)6-8-21(23)25/h5,7,10-11,16,21H,3-4,6,8-9,12-13H2,1-2H3/t16?,21-/m1/s1. The van der Waals surface area contributed by atoms with E-state index in [0.717, 1.165) is 64.8 Å². The number of hydrogen-bond donors (Lipinski definition) is 0. The quantitative estimate of drug-likeness (QED) is 0.376. The van der Waals surface area contributed by atoms with Gasteiger partial charge >= 0.3 is 0 Å². The smallest absolute Gasteiger partial charge is 0.150 e. The van der Waals surface area contributed by atoms with Crippen LogP contribution in [0.25, 0.3) is 11.1 Å². The van der Waals surface area contributed by atoms with Gasteiger partial charge in [-0.1, -0.05) is 28.7 Å². The molecule has 1 heterocycles. The van der Waals surface area contributed by atoms with Crippen molar-refractivity contribution >= 4 is 32.4 Å². The van der Waals surface area contributed by atoms with E-state index in [1.54, 1.807) is 6.07 Å². The van der Waals surface area contributed by atoms with E-state index < -0.39 is 9.84 Å². The molecule has 2 atom stereocenters. The van der Waals surface area contributed by atoms with Gasteiger partial charge in [0.1, 0.15) is 11.6 Å². The molecule has 0 radical (unpaired) electrons. The fourth-order valence-electron chi connectivity index (χ4n) is 4.79. The molecule has 0 saturated carbocycles. The summed E-state index contributed by atoms with van der Waals surface area (Å²) >= 11 is 2.34. The fourth-order valence-corrected chi connectivity index (χ4v) is 7.53. The van der Waals surface area contributed by atoms with Gasteiger partial charge in [0, 0.05) is 15.4 Å². The Morgan fingerprint density at radius 1 is 1.17 bits per heavy atom. The first-order chi connectivity index (χ1) is 13.7. The van der Waals surface area contributed by atoms with Crippen molar-refractivity contribution in [3.63, 3.8) is 0 Å². The molecular weight excluding hydrogens is 502 g/mol. The fraction of sp³-hybridized carbons (Fsp3) is 0.478.